The highest BCUT2D eigenvalue weighted by Crippen LogP contribution is 2.40. The van der Waals surface area contributed by atoms with Crippen LogP contribution in [0, 0.1) is 0 Å². The van der Waals surface area contributed by atoms with Gasteiger partial charge in [0.1, 0.15) is 5.84 Å². The Kier molecular flexibility index (Phi) is 7.74. The first-order valence-electron chi connectivity index (χ1n) is 19.6. The van der Waals surface area contributed by atoms with Crippen LogP contribution in [0.4, 0.5) is 0 Å². The molecule has 0 aliphatic heterocycles. The van der Waals surface area contributed by atoms with Gasteiger partial charge in [-0.2, -0.15) is 0 Å². The number of fused-ring (bicyclic) bond motifs is 10. The van der Waals surface area contributed by atoms with Crippen molar-refractivity contribution in [2.24, 2.45) is 15.7 Å². The number of aromatic amines is 1. The summed E-state index contributed by atoms with van der Waals surface area (Å²) in [5.41, 5.74) is 19.0. The first-order chi connectivity index (χ1) is 28.2. The third-order valence-electron chi connectivity index (χ3n) is 11.4. The van der Waals surface area contributed by atoms with Crippen molar-refractivity contribution in [3.05, 3.63) is 193 Å². The van der Waals surface area contributed by atoms with Crippen LogP contribution in [0.5, 0.6) is 0 Å². The van der Waals surface area contributed by atoms with E-state index in [1.54, 1.807) is 0 Å². The minimum atomic E-state index is 0.417. The fourth-order valence-electron chi connectivity index (χ4n) is 8.78. The van der Waals surface area contributed by atoms with E-state index in [1.165, 1.54) is 49.0 Å². The second kappa shape index (κ2) is 13.4. The maximum Gasteiger partial charge on any atom is 0.157 e. The van der Waals surface area contributed by atoms with Crippen LogP contribution >= 0.6 is 0 Å². The molecule has 3 aromatic heterocycles. The largest absolute Gasteiger partial charge is 0.383 e. The van der Waals surface area contributed by atoms with Crippen LogP contribution in [-0.4, -0.2) is 25.8 Å². The summed E-state index contributed by atoms with van der Waals surface area (Å²) in [6, 6.07) is 55.6. The molecule has 1 aliphatic rings. The number of H-pyrrole nitrogens is 1. The lowest BCUT2D eigenvalue weighted by Crippen LogP contribution is -2.17. The number of nitrogens with one attached hydrogen (secondary N) is 1. The van der Waals surface area contributed by atoms with Crippen LogP contribution in [0.1, 0.15) is 29.5 Å². The molecular formula is C51H38N6. The van der Waals surface area contributed by atoms with Crippen LogP contribution in [0.2, 0.25) is 0 Å². The van der Waals surface area contributed by atoms with Crippen molar-refractivity contribution in [3.8, 4) is 5.69 Å². The number of para-hydroxylation sites is 3. The third kappa shape index (κ3) is 5.48. The summed E-state index contributed by atoms with van der Waals surface area (Å²) in [5.74, 6) is 0.998. The number of hydrogen-bond acceptors (Lipinski definition) is 1. The molecule has 272 valence electrons. The van der Waals surface area contributed by atoms with Gasteiger partial charge in [-0.15, -0.1) is 0 Å². The molecule has 0 atom stereocenters. The number of rotatable bonds is 6. The van der Waals surface area contributed by atoms with Crippen LogP contribution in [-0.2, 0) is 6.54 Å². The predicted octanol–water partition coefficient (Wildman–Crippen LogP) is 12.1. The van der Waals surface area contributed by atoms with Gasteiger partial charge in [-0.05, 0) is 66.9 Å². The maximum absolute atomic E-state index is 7.03. The summed E-state index contributed by atoms with van der Waals surface area (Å²) >= 11 is 0. The van der Waals surface area contributed by atoms with Gasteiger partial charge in [0.05, 0.1) is 28.6 Å². The SMILES string of the molecule is NC(=NC(=NCc1ccccc1)c1cccc(-n2c3ccccc3c3ccc4[nH]c5ccccc5c4c32)c1)c1ccc2c3ccccc3n(C3=CC=CCC3)c2c1. The van der Waals surface area contributed by atoms with Crippen molar-refractivity contribution < 1.29 is 0 Å². The Hall–Kier alpha value is -7.44. The number of amidine groups is 2. The molecule has 6 heteroatoms. The number of allylic oxidation sites excluding steroid dienone is 4. The molecule has 0 spiro atoms. The molecule has 0 saturated carbocycles. The molecular weight excluding hydrogens is 697 g/mol. The minimum Gasteiger partial charge on any atom is -0.383 e. The Labute approximate surface area is 329 Å². The fraction of sp³-hybridized carbons (Fsp3) is 0.0588. The molecule has 3 N–H and O–H groups in total. The lowest BCUT2D eigenvalue weighted by Gasteiger charge is -2.14. The van der Waals surface area contributed by atoms with Crippen molar-refractivity contribution in [1.82, 2.24) is 14.1 Å². The fourth-order valence-corrected chi connectivity index (χ4v) is 8.78. The van der Waals surface area contributed by atoms with Gasteiger partial charge < -0.3 is 19.9 Å². The van der Waals surface area contributed by atoms with E-state index >= 15 is 0 Å². The number of benzene rings is 7. The zero-order chi connectivity index (χ0) is 37.9. The minimum absolute atomic E-state index is 0.417. The van der Waals surface area contributed by atoms with E-state index in [4.69, 9.17) is 15.7 Å². The highest BCUT2D eigenvalue weighted by atomic mass is 15.0. The van der Waals surface area contributed by atoms with Crippen molar-refractivity contribution in [3.63, 3.8) is 0 Å². The van der Waals surface area contributed by atoms with Crippen LogP contribution < -0.4 is 5.73 Å². The van der Waals surface area contributed by atoms with Crippen molar-refractivity contribution in [1.29, 1.82) is 0 Å². The topological polar surface area (TPSA) is 76.4 Å². The van der Waals surface area contributed by atoms with Crippen LogP contribution in [0.25, 0.3) is 76.8 Å². The molecule has 0 amide bonds. The molecule has 10 aromatic rings. The third-order valence-corrected chi connectivity index (χ3v) is 11.4. The zero-order valence-electron chi connectivity index (χ0n) is 31.2. The summed E-state index contributed by atoms with van der Waals surface area (Å²) in [6.07, 6.45) is 8.60. The monoisotopic (exact) mass is 734 g/mol. The van der Waals surface area contributed by atoms with Crippen LogP contribution in [0.15, 0.2) is 186 Å². The van der Waals surface area contributed by atoms with Crippen LogP contribution in [0.3, 0.4) is 0 Å². The van der Waals surface area contributed by atoms with E-state index in [2.05, 4.69) is 172 Å². The summed E-state index contributed by atoms with van der Waals surface area (Å²) in [7, 11) is 0. The number of aliphatic imine (C=N–C) groups is 2. The highest BCUT2D eigenvalue weighted by Gasteiger charge is 2.19. The normalized spacial score (nSPS) is 13.9. The predicted molar refractivity (Wildman–Crippen MR) is 240 cm³/mol. The summed E-state index contributed by atoms with van der Waals surface area (Å²) < 4.78 is 4.77. The molecule has 0 unspecified atom stereocenters. The zero-order valence-corrected chi connectivity index (χ0v) is 31.2. The Bertz CT molecular complexity index is 3330. The molecule has 0 fully saturated rings. The molecule has 6 nitrogen and oxygen atoms in total. The number of aromatic nitrogens is 3. The van der Waals surface area contributed by atoms with Gasteiger partial charge in [-0.3, -0.25) is 4.99 Å². The van der Waals surface area contributed by atoms with Gasteiger partial charge in [-0.1, -0.05) is 127 Å². The lowest BCUT2D eigenvalue weighted by molar-refractivity contribution is 0.979. The molecule has 1 aliphatic carbocycles. The van der Waals surface area contributed by atoms with E-state index < -0.39 is 0 Å². The number of nitrogens with zero attached hydrogens (tertiary/aromatic N) is 4. The van der Waals surface area contributed by atoms with Crippen molar-refractivity contribution in [2.75, 3.05) is 0 Å². The number of hydrogen-bond donors (Lipinski definition) is 2. The van der Waals surface area contributed by atoms with Gasteiger partial charge in [-0.25, -0.2) is 4.99 Å². The molecule has 0 bridgehead atoms. The maximum atomic E-state index is 7.03. The molecule has 0 radical (unpaired) electrons. The lowest BCUT2D eigenvalue weighted by atomic mass is 10.1. The van der Waals surface area contributed by atoms with E-state index in [1.807, 2.05) is 18.2 Å². The van der Waals surface area contributed by atoms with Crippen molar-refractivity contribution >= 4 is 82.8 Å². The molecule has 7 aromatic carbocycles. The smallest absolute Gasteiger partial charge is 0.157 e. The second-order valence-electron chi connectivity index (χ2n) is 14.8. The first-order valence-corrected chi connectivity index (χ1v) is 19.6. The van der Waals surface area contributed by atoms with E-state index in [0.29, 0.717) is 18.2 Å². The quantitative estimate of drug-likeness (QED) is 0.129. The standard InChI is InChI=1S/C51H38N6/c52-50(34-26-27-40-38-20-8-11-24-45(38)56(47(40)31-34)36-17-5-2-6-18-36)55-51(53-32-33-14-3-1-4-15-33)35-16-13-19-37(30-35)57-46-25-12-9-21-39(46)41-28-29-44-48(49(41)57)42-22-7-10-23-43(42)54-44/h1-5,7-17,19-31,54H,6,18,32H2,(H2,52,53,55). The Morgan fingerprint density at radius 3 is 2.14 bits per heavy atom. The molecule has 11 rings (SSSR count). The summed E-state index contributed by atoms with van der Waals surface area (Å²) in [4.78, 5) is 14.0. The average Bonchev–Trinajstić information content (AvgIpc) is 3.93. The van der Waals surface area contributed by atoms with Gasteiger partial charge in [0.25, 0.3) is 0 Å². The summed E-state index contributed by atoms with van der Waals surface area (Å²) in [5, 5.41) is 7.24. The Morgan fingerprint density at radius 1 is 0.596 bits per heavy atom. The van der Waals surface area contributed by atoms with Gasteiger partial charge >= 0.3 is 0 Å². The average molecular weight is 735 g/mol. The Morgan fingerprint density at radius 2 is 1.32 bits per heavy atom. The van der Waals surface area contributed by atoms with E-state index in [0.717, 1.165) is 57.3 Å². The van der Waals surface area contributed by atoms with Gasteiger partial charge in [0.2, 0.25) is 0 Å². The van der Waals surface area contributed by atoms with Gasteiger partial charge in [0.15, 0.2) is 5.84 Å². The van der Waals surface area contributed by atoms with Gasteiger partial charge in [0, 0.05) is 65.9 Å². The molecule has 0 saturated heterocycles. The van der Waals surface area contributed by atoms with E-state index in [9.17, 15) is 0 Å². The molecule has 57 heavy (non-hydrogen) atoms. The summed E-state index contributed by atoms with van der Waals surface area (Å²) in [6.45, 7) is 0.470. The first kappa shape index (κ1) is 32.9. The number of nitrogens with two attached hydrogens (primary N) is 1. The highest BCUT2D eigenvalue weighted by molar-refractivity contribution is 6.25. The van der Waals surface area contributed by atoms with Crippen molar-refractivity contribution in [2.45, 2.75) is 19.4 Å². The van der Waals surface area contributed by atoms with E-state index in [-0.39, 0.29) is 0 Å². The Balaban J connectivity index is 1.09. The second-order valence-corrected chi connectivity index (χ2v) is 14.8. The molecule has 3 heterocycles.